The minimum Gasteiger partial charge on any atom is -0.361 e. The summed E-state index contributed by atoms with van der Waals surface area (Å²) in [7, 11) is -1.20. The Bertz CT molecular complexity index is 803. The Balaban J connectivity index is 2.35. The van der Waals surface area contributed by atoms with E-state index in [0.717, 1.165) is 12.5 Å². The second-order valence-electron chi connectivity index (χ2n) is 6.74. The first-order valence-electron chi connectivity index (χ1n) is 7.71. The number of nitrogens with one attached hydrogen (secondary N) is 1. The molecule has 0 aliphatic heterocycles. The molecule has 0 saturated carbocycles. The summed E-state index contributed by atoms with van der Waals surface area (Å²) in [5.74, 6) is 0. The van der Waals surface area contributed by atoms with Crippen molar-refractivity contribution in [1.29, 1.82) is 0 Å². The number of halogens is 1. The largest absolute Gasteiger partial charge is 0.361 e. The Labute approximate surface area is 140 Å². The van der Waals surface area contributed by atoms with E-state index in [2.05, 4.69) is 29.6 Å². The molecule has 7 nitrogen and oxygen atoms in total. The number of aryl methyl sites for hydroxylation is 1. The summed E-state index contributed by atoms with van der Waals surface area (Å²) in [6.45, 7) is 9.94. The Kier molecular flexibility index (Phi) is 5.48. The first-order chi connectivity index (χ1) is 10.7. The third kappa shape index (κ3) is 4.13. The number of aromatic nitrogens is 4. The lowest BCUT2D eigenvalue weighted by Crippen LogP contribution is -2.32. The predicted octanol–water partition coefficient (Wildman–Crippen LogP) is 2.26. The van der Waals surface area contributed by atoms with E-state index < -0.39 is 19.3 Å². The molecular weight excluding hydrogens is 336 g/mol. The predicted molar refractivity (Wildman–Crippen MR) is 94.0 cm³/mol. The third-order valence-electron chi connectivity index (χ3n) is 3.50. The minimum atomic E-state index is -1.20. The van der Waals surface area contributed by atoms with Crippen LogP contribution < -0.4 is 11.2 Å². The van der Waals surface area contributed by atoms with E-state index in [0.29, 0.717) is 18.7 Å². The highest BCUT2D eigenvalue weighted by atomic mass is 35.5. The SMILES string of the molecule is CCCn1c(Cl)nc2c1c(=O)[nH]c(=O)n2COCC[Si](C)(C)C. The highest BCUT2D eigenvalue weighted by Gasteiger charge is 2.17. The standard InChI is InChI=1S/C14H23ClN4O3Si/c1-5-6-18-10-11(16-13(18)15)19(14(21)17-12(10)20)9-22-7-8-23(2,3)4/h5-9H2,1-4H3,(H,17,20,21). The molecule has 0 aromatic carbocycles. The van der Waals surface area contributed by atoms with Gasteiger partial charge in [-0.15, -0.1) is 0 Å². The molecule has 0 saturated heterocycles. The summed E-state index contributed by atoms with van der Waals surface area (Å²) >= 11 is 6.11. The van der Waals surface area contributed by atoms with Gasteiger partial charge < -0.3 is 9.30 Å². The maximum absolute atomic E-state index is 12.1. The van der Waals surface area contributed by atoms with E-state index in [1.54, 1.807) is 4.57 Å². The summed E-state index contributed by atoms with van der Waals surface area (Å²) in [6, 6.07) is 0.999. The van der Waals surface area contributed by atoms with Crippen molar-refractivity contribution < 1.29 is 4.74 Å². The van der Waals surface area contributed by atoms with E-state index in [1.807, 2.05) is 6.92 Å². The van der Waals surface area contributed by atoms with Gasteiger partial charge in [-0.2, -0.15) is 4.98 Å². The molecule has 23 heavy (non-hydrogen) atoms. The second-order valence-corrected chi connectivity index (χ2v) is 12.7. The second kappa shape index (κ2) is 7.02. The van der Waals surface area contributed by atoms with Crippen LogP contribution in [0.15, 0.2) is 9.59 Å². The van der Waals surface area contributed by atoms with Crippen LogP contribution >= 0.6 is 11.6 Å². The summed E-state index contributed by atoms with van der Waals surface area (Å²) in [4.78, 5) is 30.7. The Morgan fingerprint density at radius 3 is 2.57 bits per heavy atom. The zero-order valence-electron chi connectivity index (χ0n) is 14.0. The fourth-order valence-electron chi connectivity index (χ4n) is 2.23. The molecule has 0 radical (unpaired) electrons. The number of nitrogens with zero attached hydrogens (tertiary/aromatic N) is 3. The lowest BCUT2D eigenvalue weighted by Gasteiger charge is -2.15. The van der Waals surface area contributed by atoms with Crippen molar-refractivity contribution in [2.75, 3.05) is 6.61 Å². The van der Waals surface area contributed by atoms with Crippen molar-refractivity contribution in [3.05, 3.63) is 26.1 Å². The normalized spacial score (nSPS) is 12.2. The van der Waals surface area contributed by atoms with Gasteiger partial charge in [-0.1, -0.05) is 26.6 Å². The third-order valence-corrected chi connectivity index (χ3v) is 5.50. The van der Waals surface area contributed by atoms with Crippen LogP contribution in [0.1, 0.15) is 13.3 Å². The van der Waals surface area contributed by atoms with Gasteiger partial charge in [0.15, 0.2) is 11.2 Å². The van der Waals surface area contributed by atoms with Crippen LogP contribution in [0.5, 0.6) is 0 Å². The van der Waals surface area contributed by atoms with Gasteiger partial charge in [0.2, 0.25) is 5.28 Å². The van der Waals surface area contributed by atoms with Gasteiger partial charge in [-0.05, 0) is 24.1 Å². The Morgan fingerprint density at radius 1 is 1.26 bits per heavy atom. The molecule has 0 spiro atoms. The number of hydrogen-bond acceptors (Lipinski definition) is 4. The van der Waals surface area contributed by atoms with Crippen molar-refractivity contribution in [2.24, 2.45) is 0 Å². The molecule has 0 atom stereocenters. The van der Waals surface area contributed by atoms with Crippen LogP contribution in [0, 0.1) is 0 Å². The van der Waals surface area contributed by atoms with Crippen molar-refractivity contribution in [1.82, 2.24) is 19.1 Å². The average Bonchev–Trinajstić information content (AvgIpc) is 2.74. The van der Waals surface area contributed by atoms with Gasteiger partial charge in [0.1, 0.15) is 6.73 Å². The molecule has 2 aromatic heterocycles. The summed E-state index contributed by atoms with van der Waals surface area (Å²) < 4.78 is 8.55. The smallest absolute Gasteiger partial charge is 0.332 e. The number of rotatable bonds is 7. The molecule has 9 heteroatoms. The summed E-state index contributed by atoms with van der Waals surface area (Å²) in [6.07, 6.45) is 0.802. The lowest BCUT2D eigenvalue weighted by atomic mass is 10.4. The Hall–Kier alpha value is -1.38. The van der Waals surface area contributed by atoms with E-state index in [-0.39, 0.29) is 17.7 Å². The average molecular weight is 359 g/mol. The van der Waals surface area contributed by atoms with Crippen LogP contribution in [0.25, 0.3) is 11.2 Å². The molecule has 0 unspecified atom stereocenters. The van der Waals surface area contributed by atoms with Crippen LogP contribution in [0.4, 0.5) is 0 Å². The highest BCUT2D eigenvalue weighted by Crippen LogP contribution is 2.16. The zero-order valence-corrected chi connectivity index (χ0v) is 15.7. The van der Waals surface area contributed by atoms with E-state index in [4.69, 9.17) is 16.3 Å². The molecule has 0 fully saturated rings. The van der Waals surface area contributed by atoms with Gasteiger partial charge in [-0.25, -0.2) is 4.79 Å². The molecule has 2 rings (SSSR count). The lowest BCUT2D eigenvalue weighted by molar-refractivity contribution is 0.0865. The first kappa shape index (κ1) is 18.0. The van der Waals surface area contributed by atoms with Crippen LogP contribution in [-0.4, -0.2) is 33.8 Å². The zero-order chi connectivity index (χ0) is 17.2. The van der Waals surface area contributed by atoms with Crippen molar-refractivity contribution >= 4 is 30.8 Å². The molecular formula is C14H23ClN4O3Si. The van der Waals surface area contributed by atoms with Crippen molar-refractivity contribution in [3.63, 3.8) is 0 Å². The van der Waals surface area contributed by atoms with E-state index in [1.165, 1.54) is 4.57 Å². The highest BCUT2D eigenvalue weighted by molar-refractivity contribution is 6.76. The molecule has 1 N–H and O–H groups in total. The van der Waals surface area contributed by atoms with Crippen LogP contribution in [0.2, 0.25) is 31.0 Å². The van der Waals surface area contributed by atoms with Crippen molar-refractivity contribution in [2.45, 2.75) is 52.3 Å². The molecule has 0 aliphatic carbocycles. The number of fused-ring (bicyclic) bond motifs is 1. The fraction of sp³-hybridized carbons (Fsp3) is 0.643. The maximum atomic E-state index is 12.1. The van der Waals surface area contributed by atoms with Crippen molar-refractivity contribution in [3.8, 4) is 0 Å². The quantitative estimate of drug-likeness (QED) is 0.467. The topological polar surface area (TPSA) is 81.9 Å². The maximum Gasteiger partial charge on any atom is 0.332 e. The van der Waals surface area contributed by atoms with Gasteiger partial charge in [0.25, 0.3) is 5.56 Å². The number of aromatic amines is 1. The number of hydrogen-bond donors (Lipinski definition) is 1. The van der Waals surface area contributed by atoms with Gasteiger partial charge in [0.05, 0.1) is 0 Å². The number of ether oxygens (including phenoxy) is 1. The molecule has 0 amide bonds. The first-order valence-corrected chi connectivity index (χ1v) is 11.8. The van der Waals surface area contributed by atoms with Crippen LogP contribution in [-0.2, 0) is 18.0 Å². The van der Waals surface area contributed by atoms with Gasteiger partial charge in [0, 0.05) is 21.2 Å². The van der Waals surface area contributed by atoms with Crippen LogP contribution in [0.3, 0.4) is 0 Å². The number of H-pyrrole nitrogens is 1. The van der Waals surface area contributed by atoms with E-state index >= 15 is 0 Å². The minimum absolute atomic E-state index is 0.0516. The summed E-state index contributed by atoms with van der Waals surface area (Å²) in [5, 5.41) is 0.203. The van der Waals surface area contributed by atoms with Gasteiger partial charge >= 0.3 is 5.69 Å². The molecule has 2 aromatic rings. The summed E-state index contributed by atoms with van der Waals surface area (Å²) in [5.41, 5.74) is -0.431. The molecule has 2 heterocycles. The molecule has 0 bridgehead atoms. The number of imidazole rings is 1. The monoisotopic (exact) mass is 358 g/mol. The molecule has 0 aliphatic rings. The molecule has 128 valence electrons. The Morgan fingerprint density at radius 2 is 1.96 bits per heavy atom. The van der Waals surface area contributed by atoms with Gasteiger partial charge in [-0.3, -0.25) is 14.3 Å². The fourth-order valence-corrected chi connectivity index (χ4v) is 3.23. The van der Waals surface area contributed by atoms with E-state index in [9.17, 15) is 9.59 Å².